The van der Waals surface area contributed by atoms with Crippen LogP contribution in [0.2, 0.25) is 0 Å². The third-order valence-electron chi connectivity index (χ3n) is 9.48. The van der Waals surface area contributed by atoms with Gasteiger partial charge in [-0.15, -0.1) is 0 Å². The molecule has 6 aliphatic rings. The Morgan fingerprint density at radius 3 is 2.67 bits per heavy atom. The van der Waals surface area contributed by atoms with E-state index in [1.54, 1.807) is 11.6 Å². The number of ether oxygens (including phenoxy) is 1. The highest BCUT2D eigenvalue weighted by Crippen LogP contribution is 2.69. The van der Waals surface area contributed by atoms with Gasteiger partial charge in [-0.2, -0.15) is 0 Å². The van der Waals surface area contributed by atoms with Crippen LogP contribution in [0.15, 0.2) is 23.3 Å². The molecule has 4 unspecified atom stereocenters. The van der Waals surface area contributed by atoms with Gasteiger partial charge >= 0.3 is 5.97 Å². The van der Waals surface area contributed by atoms with Crippen molar-refractivity contribution in [1.29, 1.82) is 0 Å². The molecule has 0 aromatic heterocycles. The molecule has 0 saturated heterocycles. The Hall–Kier alpha value is -1.38. The van der Waals surface area contributed by atoms with Gasteiger partial charge in [-0.05, 0) is 87.0 Å². The number of carbonyl (C=O) groups excluding carboxylic acids is 2. The first kappa shape index (κ1) is 16.6. The Kier molecular flexibility index (Phi) is 3.29. The summed E-state index contributed by atoms with van der Waals surface area (Å²) in [5.41, 5.74) is 2.96. The van der Waals surface area contributed by atoms with Crippen molar-refractivity contribution >= 4 is 11.8 Å². The zero-order valence-electron chi connectivity index (χ0n) is 16.3. The van der Waals surface area contributed by atoms with Crippen molar-refractivity contribution in [2.45, 2.75) is 76.7 Å². The topological polar surface area (TPSA) is 43.4 Å². The second kappa shape index (κ2) is 5.36. The Labute approximate surface area is 161 Å². The molecule has 27 heavy (non-hydrogen) atoms. The van der Waals surface area contributed by atoms with E-state index >= 15 is 0 Å². The average molecular weight is 367 g/mol. The van der Waals surface area contributed by atoms with Crippen molar-refractivity contribution in [3.05, 3.63) is 23.3 Å². The third-order valence-corrected chi connectivity index (χ3v) is 9.48. The lowest BCUT2D eigenvalue weighted by atomic mass is 9.49. The summed E-state index contributed by atoms with van der Waals surface area (Å²) in [4.78, 5) is 24.1. The summed E-state index contributed by atoms with van der Waals surface area (Å²) in [5, 5.41) is 0. The monoisotopic (exact) mass is 366 g/mol. The molecule has 1 heterocycles. The second-order valence-corrected chi connectivity index (χ2v) is 10.5. The van der Waals surface area contributed by atoms with E-state index in [2.05, 4.69) is 13.0 Å². The molecule has 144 valence electrons. The molecule has 0 aromatic carbocycles. The van der Waals surface area contributed by atoms with E-state index in [1.165, 1.54) is 37.7 Å². The molecule has 3 saturated carbocycles. The maximum absolute atomic E-state index is 12.1. The number of hydrogen-bond acceptors (Lipinski definition) is 3. The Morgan fingerprint density at radius 2 is 1.93 bits per heavy atom. The fourth-order valence-electron chi connectivity index (χ4n) is 8.09. The summed E-state index contributed by atoms with van der Waals surface area (Å²) in [6.45, 7) is 2.42. The molecule has 1 aliphatic heterocycles. The van der Waals surface area contributed by atoms with Gasteiger partial charge in [-0.1, -0.05) is 18.1 Å². The van der Waals surface area contributed by atoms with Gasteiger partial charge in [-0.3, -0.25) is 4.79 Å². The number of fused-ring (bicyclic) bond motifs is 5. The van der Waals surface area contributed by atoms with Crippen molar-refractivity contribution in [2.75, 3.05) is 0 Å². The number of allylic oxidation sites excluding steroid dienone is 2. The molecule has 1 spiro atoms. The van der Waals surface area contributed by atoms with Gasteiger partial charge in [0, 0.05) is 24.3 Å². The zero-order valence-corrected chi connectivity index (χ0v) is 16.3. The van der Waals surface area contributed by atoms with Gasteiger partial charge in [0.05, 0.1) is 0 Å². The van der Waals surface area contributed by atoms with Crippen LogP contribution in [0.3, 0.4) is 0 Å². The molecule has 0 aromatic rings. The standard InChI is InChI=1S/C24H30O3/c1-23-9-6-18-17-5-4-16(25)12-15(17)13-19(14-2-3-14)22(18)20(23)7-10-24(23)11-8-21(26)27-24/h8,11,14,18-20,22H,2-7,9-10,12-13H2,1H3/t18?,19?,20?,22?,23-,24+/m0/s1. The van der Waals surface area contributed by atoms with E-state index in [4.69, 9.17) is 4.74 Å². The molecular weight excluding hydrogens is 336 g/mol. The zero-order chi connectivity index (χ0) is 18.4. The van der Waals surface area contributed by atoms with Crippen LogP contribution in [0.5, 0.6) is 0 Å². The summed E-state index contributed by atoms with van der Waals surface area (Å²) in [7, 11) is 0. The Morgan fingerprint density at radius 1 is 1.07 bits per heavy atom. The van der Waals surface area contributed by atoms with E-state index in [9.17, 15) is 9.59 Å². The van der Waals surface area contributed by atoms with Gasteiger partial charge in [0.2, 0.25) is 0 Å². The van der Waals surface area contributed by atoms with Gasteiger partial charge in [0.25, 0.3) is 0 Å². The van der Waals surface area contributed by atoms with Crippen LogP contribution in [-0.4, -0.2) is 17.4 Å². The first-order valence-corrected chi connectivity index (χ1v) is 11.2. The lowest BCUT2D eigenvalue weighted by molar-refractivity contribution is -0.161. The molecule has 0 radical (unpaired) electrons. The fourth-order valence-corrected chi connectivity index (χ4v) is 8.09. The van der Waals surface area contributed by atoms with Crippen LogP contribution >= 0.6 is 0 Å². The first-order chi connectivity index (χ1) is 13.0. The van der Waals surface area contributed by atoms with E-state index < -0.39 is 0 Å². The molecule has 3 fully saturated rings. The minimum absolute atomic E-state index is 0.0898. The van der Waals surface area contributed by atoms with Crippen molar-refractivity contribution < 1.29 is 14.3 Å². The van der Waals surface area contributed by atoms with Crippen LogP contribution in [0, 0.1) is 35.0 Å². The Balaban J connectivity index is 1.41. The number of carbonyl (C=O) groups is 2. The van der Waals surface area contributed by atoms with Gasteiger partial charge in [0.15, 0.2) is 0 Å². The van der Waals surface area contributed by atoms with Crippen LogP contribution in [0.4, 0.5) is 0 Å². The van der Waals surface area contributed by atoms with E-state index in [0.29, 0.717) is 17.6 Å². The predicted molar refractivity (Wildman–Crippen MR) is 102 cm³/mol. The molecule has 0 amide bonds. The van der Waals surface area contributed by atoms with Crippen molar-refractivity contribution in [3.8, 4) is 0 Å². The lowest BCUT2D eigenvalue weighted by Gasteiger charge is -2.56. The van der Waals surface area contributed by atoms with Crippen LogP contribution < -0.4 is 0 Å². The van der Waals surface area contributed by atoms with E-state index in [1.807, 2.05) is 0 Å². The summed E-state index contributed by atoms with van der Waals surface area (Å²) in [6, 6.07) is 0. The van der Waals surface area contributed by atoms with Crippen LogP contribution in [0.1, 0.15) is 71.1 Å². The molecule has 6 rings (SSSR count). The third kappa shape index (κ3) is 2.15. The van der Waals surface area contributed by atoms with Crippen LogP contribution in [-0.2, 0) is 14.3 Å². The number of rotatable bonds is 1. The summed E-state index contributed by atoms with van der Waals surface area (Å²) in [5.74, 6) is 4.06. The quantitative estimate of drug-likeness (QED) is 0.496. The highest BCUT2D eigenvalue weighted by atomic mass is 16.6. The minimum atomic E-state index is -0.342. The highest BCUT2D eigenvalue weighted by molar-refractivity contribution is 5.85. The summed E-state index contributed by atoms with van der Waals surface area (Å²) < 4.78 is 5.99. The average Bonchev–Trinajstić information content (AvgIpc) is 3.36. The predicted octanol–water partition coefficient (Wildman–Crippen LogP) is 4.76. The lowest BCUT2D eigenvalue weighted by Crippen LogP contribution is -2.53. The number of ketones is 1. The van der Waals surface area contributed by atoms with Crippen molar-refractivity contribution in [2.24, 2.45) is 35.0 Å². The molecule has 5 aliphatic carbocycles. The molecular formula is C24H30O3. The number of esters is 1. The minimum Gasteiger partial charge on any atom is -0.451 e. The normalized spacial score (nSPS) is 48.5. The van der Waals surface area contributed by atoms with E-state index in [0.717, 1.165) is 49.9 Å². The number of Topliss-reactive ketones (excluding diaryl/α,β-unsaturated/α-hetero) is 1. The molecule has 0 N–H and O–H groups in total. The highest BCUT2D eigenvalue weighted by Gasteiger charge is 2.66. The Bertz CT molecular complexity index is 787. The molecule has 0 bridgehead atoms. The van der Waals surface area contributed by atoms with Gasteiger partial charge < -0.3 is 4.74 Å². The second-order valence-electron chi connectivity index (χ2n) is 10.5. The largest absolute Gasteiger partial charge is 0.451 e. The van der Waals surface area contributed by atoms with E-state index in [-0.39, 0.29) is 17.0 Å². The van der Waals surface area contributed by atoms with Gasteiger partial charge in [0.1, 0.15) is 11.4 Å². The van der Waals surface area contributed by atoms with Crippen LogP contribution in [0.25, 0.3) is 0 Å². The smallest absolute Gasteiger partial charge is 0.331 e. The van der Waals surface area contributed by atoms with Gasteiger partial charge in [-0.25, -0.2) is 4.79 Å². The molecule has 6 atom stereocenters. The molecule has 3 heteroatoms. The van der Waals surface area contributed by atoms with Crippen molar-refractivity contribution in [3.63, 3.8) is 0 Å². The summed E-state index contributed by atoms with van der Waals surface area (Å²) in [6.07, 6.45) is 14.8. The van der Waals surface area contributed by atoms with Crippen molar-refractivity contribution in [1.82, 2.24) is 0 Å². The first-order valence-electron chi connectivity index (χ1n) is 11.2. The molecule has 3 nitrogen and oxygen atoms in total. The SMILES string of the molecule is C[C@]12CCC3C4=C(CC(=O)CC4)CC(C4CC4)C3C1CC[C@@]21C=CC(=O)O1. The summed E-state index contributed by atoms with van der Waals surface area (Å²) >= 11 is 0. The maximum atomic E-state index is 12.1. The maximum Gasteiger partial charge on any atom is 0.331 e. The number of hydrogen-bond donors (Lipinski definition) is 0. The fraction of sp³-hybridized carbons (Fsp3) is 0.750.